The van der Waals surface area contributed by atoms with Crippen LogP contribution in [0.3, 0.4) is 0 Å². The number of rotatable bonds is 4. The molecule has 0 amide bonds. The van der Waals surface area contributed by atoms with Gasteiger partial charge in [-0.05, 0) is 34.6 Å². The monoisotopic (exact) mass is 677 g/mol. The highest BCUT2D eigenvalue weighted by molar-refractivity contribution is 14.0. The summed E-state index contributed by atoms with van der Waals surface area (Å²) in [6, 6.07) is 10.5. The van der Waals surface area contributed by atoms with E-state index < -0.39 is 28.5 Å². The number of hydrogen-bond acceptors (Lipinski definition) is 3. The number of phenolic OH excluding ortho intramolecular Hbond substituents is 1. The second-order valence-electron chi connectivity index (χ2n) is 10.4. The first-order chi connectivity index (χ1) is 17.1. The van der Waals surface area contributed by atoms with Crippen LogP contribution in [0, 0.1) is 17.5 Å². The number of halogens is 4. The van der Waals surface area contributed by atoms with Gasteiger partial charge in [-0.3, -0.25) is 4.99 Å². The number of ether oxygens (including phenoxy) is 1. The Labute approximate surface area is 246 Å². The minimum atomic E-state index is -1.29. The first kappa shape index (κ1) is 34.3. The molecule has 0 heterocycles. The van der Waals surface area contributed by atoms with Crippen LogP contribution < -0.4 is 15.3 Å². The molecule has 38 heavy (non-hydrogen) atoms. The summed E-state index contributed by atoms with van der Waals surface area (Å²) in [4.78, 5) is 4.49. The fourth-order valence-electron chi connectivity index (χ4n) is 3.43. The summed E-state index contributed by atoms with van der Waals surface area (Å²) in [5.41, 5.74) is 2.21. The van der Waals surface area contributed by atoms with E-state index in [4.69, 9.17) is 4.74 Å². The maximum atomic E-state index is 14.7. The molecule has 208 valence electrons. The van der Waals surface area contributed by atoms with E-state index in [1.165, 1.54) is 6.21 Å². The van der Waals surface area contributed by atoms with E-state index in [1.54, 1.807) is 24.3 Å². The molecule has 0 aromatic heterocycles. The smallest absolute Gasteiger partial charge is 0.176 e. The van der Waals surface area contributed by atoms with Gasteiger partial charge in [-0.2, -0.15) is 0 Å². The standard InChI is InChI=1S/C27H30F3NO2P2.C2H6.HI/c1-26(2,3)15-11-14(22(32)16(12-15)27(4,5)6)13-31-17-9-7-8-10-18(17)33-23-21(30)24(34)19(28)20(29)25(23)35;1-2;/h7-13,32H,34-35H2,1-6H3;1-2H3;1H. The molecule has 3 aromatic carbocycles. The Morgan fingerprint density at radius 1 is 0.842 bits per heavy atom. The highest BCUT2D eigenvalue weighted by atomic mass is 127. The molecule has 0 aliphatic heterocycles. The summed E-state index contributed by atoms with van der Waals surface area (Å²) >= 11 is 0. The molecule has 2 unspecified atom stereocenters. The maximum Gasteiger partial charge on any atom is 0.176 e. The van der Waals surface area contributed by atoms with Crippen LogP contribution in [0.2, 0.25) is 0 Å². The third kappa shape index (κ3) is 7.70. The summed E-state index contributed by atoms with van der Waals surface area (Å²) in [5.74, 6) is -3.71. The molecule has 0 saturated carbocycles. The lowest BCUT2D eigenvalue weighted by Gasteiger charge is -2.27. The van der Waals surface area contributed by atoms with E-state index in [1.807, 2.05) is 65.2 Å². The van der Waals surface area contributed by atoms with Gasteiger partial charge < -0.3 is 9.84 Å². The molecule has 1 N–H and O–H groups in total. The molecule has 3 rings (SSSR count). The first-order valence-corrected chi connectivity index (χ1v) is 13.2. The summed E-state index contributed by atoms with van der Waals surface area (Å²) in [7, 11) is 3.82. The van der Waals surface area contributed by atoms with E-state index in [9.17, 15) is 18.3 Å². The number of aromatic hydroxyl groups is 1. The van der Waals surface area contributed by atoms with E-state index in [0.29, 0.717) is 11.3 Å². The average molecular weight is 677 g/mol. The molecule has 0 spiro atoms. The number of nitrogens with zero attached hydrogens (tertiary/aromatic N) is 1. The van der Waals surface area contributed by atoms with E-state index in [2.05, 4.69) is 25.8 Å². The van der Waals surface area contributed by atoms with Gasteiger partial charge in [-0.1, -0.05) is 92.1 Å². The number of aliphatic imine (C=N–C) groups is 1. The van der Waals surface area contributed by atoms with Crippen molar-refractivity contribution in [2.45, 2.75) is 66.2 Å². The van der Waals surface area contributed by atoms with Crippen molar-refractivity contribution in [3.8, 4) is 17.2 Å². The largest absolute Gasteiger partial charge is 0.507 e. The zero-order valence-corrected chi connectivity index (χ0v) is 27.7. The number of phenols is 1. The van der Waals surface area contributed by atoms with E-state index >= 15 is 0 Å². The third-order valence-electron chi connectivity index (χ3n) is 5.58. The van der Waals surface area contributed by atoms with Gasteiger partial charge in [-0.15, -0.1) is 24.0 Å². The van der Waals surface area contributed by atoms with E-state index in [-0.39, 0.29) is 51.6 Å². The van der Waals surface area contributed by atoms with Gasteiger partial charge in [0.15, 0.2) is 29.0 Å². The van der Waals surface area contributed by atoms with Crippen LogP contribution in [0.15, 0.2) is 41.4 Å². The summed E-state index contributed by atoms with van der Waals surface area (Å²) < 4.78 is 48.5. The highest BCUT2D eigenvalue weighted by Gasteiger charge is 2.25. The zero-order valence-electron chi connectivity index (χ0n) is 23.0. The van der Waals surface area contributed by atoms with Crippen LogP contribution in [-0.4, -0.2) is 11.3 Å². The van der Waals surface area contributed by atoms with Gasteiger partial charge in [0.1, 0.15) is 11.4 Å². The number of benzene rings is 3. The molecule has 0 aliphatic carbocycles. The minimum absolute atomic E-state index is 0. The summed E-state index contributed by atoms with van der Waals surface area (Å²) in [6.45, 7) is 16.3. The number of para-hydroxylation sites is 2. The van der Waals surface area contributed by atoms with Crippen LogP contribution in [0.5, 0.6) is 17.2 Å². The Morgan fingerprint density at radius 3 is 1.95 bits per heavy atom. The highest BCUT2D eigenvalue weighted by Crippen LogP contribution is 2.38. The number of hydrogen-bond donors (Lipinski definition) is 1. The maximum absolute atomic E-state index is 14.7. The van der Waals surface area contributed by atoms with Crippen LogP contribution in [0.25, 0.3) is 0 Å². The van der Waals surface area contributed by atoms with Gasteiger partial charge in [0.25, 0.3) is 0 Å². The van der Waals surface area contributed by atoms with Crippen molar-refractivity contribution in [3.63, 3.8) is 0 Å². The molecule has 0 saturated heterocycles. The van der Waals surface area contributed by atoms with Crippen molar-refractivity contribution in [3.05, 3.63) is 70.5 Å². The fourth-order valence-corrected chi connectivity index (χ4v) is 4.00. The Balaban J connectivity index is 0.00000235. The lowest BCUT2D eigenvalue weighted by Crippen LogP contribution is -2.18. The van der Waals surface area contributed by atoms with Crippen LogP contribution in [-0.2, 0) is 10.8 Å². The fraction of sp³-hybridized carbons (Fsp3) is 0.345. The van der Waals surface area contributed by atoms with Crippen molar-refractivity contribution in [2.75, 3.05) is 0 Å². The molecular weight excluding hydrogens is 640 g/mol. The lowest BCUT2D eigenvalue weighted by molar-refractivity contribution is 0.435. The van der Waals surface area contributed by atoms with Gasteiger partial charge in [0, 0.05) is 22.6 Å². The normalized spacial score (nSPS) is 11.6. The molecule has 0 aliphatic rings. The third-order valence-corrected chi connectivity index (χ3v) is 6.60. The second kappa shape index (κ2) is 13.6. The van der Waals surface area contributed by atoms with Crippen molar-refractivity contribution in [2.24, 2.45) is 4.99 Å². The van der Waals surface area contributed by atoms with Crippen LogP contribution in [0.4, 0.5) is 18.9 Å². The molecule has 0 bridgehead atoms. The SMILES string of the molecule is CC.CC(C)(C)c1cc(C=Nc2ccccc2Oc2c(F)c(P)c(F)c(F)c2P)c(O)c(C(C)(C)C)c1.I. The van der Waals surface area contributed by atoms with Gasteiger partial charge in [0.05, 0.1) is 5.30 Å². The van der Waals surface area contributed by atoms with Crippen molar-refractivity contribution >= 4 is 65.0 Å². The topological polar surface area (TPSA) is 41.8 Å². The molecule has 2 atom stereocenters. The Bertz CT molecular complexity index is 1290. The first-order valence-electron chi connectivity index (χ1n) is 12.0. The Morgan fingerprint density at radius 2 is 1.39 bits per heavy atom. The zero-order chi connectivity index (χ0) is 28.3. The van der Waals surface area contributed by atoms with Gasteiger partial charge in [0.2, 0.25) is 0 Å². The molecule has 3 nitrogen and oxygen atoms in total. The van der Waals surface area contributed by atoms with Crippen molar-refractivity contribution < 1.29 is 23.0 Å². The van der Waals surface area contributed by atoms with Crippen molar-refractivity contribution in [1.29, 1.82) is 0 Å². The average Bonchev–Trinajstić information content (AvgIpc) is 2.84. The van der Waals surface area contributed by atoms with Gasteiger partial charge >= 0.3 is 0 Å². The summed E-state index contributed by atoms with van der Waals surface area (Å²) in [5, 5.41) is 10.1. The van der Waals surface area contributed by atoms with Crippen LogP contribution in [0.1, 0.15) is 72.1 Å². The predicted octanol–water partition coefficient (Wildman–Crippen LogP) is 8.59. The Kier molecular flexibility index (Phi) is 12.3. The Hall–Kier alpha value is -1.69. The molecule has 0 radical (unpaired) electrons. The minimum Gasteiger partial charge on any atom is -0.507 e. The van der Waals surface area contributed by atoms with Crippen LogP contribution >= 0.6 is 42.5 Å². The quantitative estimate of drug-likeness (QED) is 0.130. The summed E-state index contributed by atoms with van der Waals surface area (Å²) in [6.07, 6.45) is 1.52. The second-order valence-corrected chi connectivity index (χ2v) is 11.5. The van der Waals surface area contributed by atoms with Crippen molar-refractivity contribution in [1.82, 2.24) is 0 Å². The predicted molar refractivity (Wildman–Crippen MR) is 171 cm³/mol. The lowest BCUT2D eigenvalue weighted by atomic mass is 9.79. The molecule has 0 fully saturated rings. The van der Waals surface area contributed by atoms with E-state index in [0.717, 1.165) is 11.1 Å². The van der Waals surface area contributed by atoms with Gasteiger partial charge in [-0.25, -0.2) is 13.2 Å². The molecular formula is C29H37F3INO2P2. The molecule has 3 aromatic rings. The molecule has 9 heteroatoms.